The Kier molecular flexibility index (Phi) is 7.01. The molecule has 0 spiro atoms. The van der Waals surface area contributed by atoms with E-state index in [-0.39, 0.29) is 36.4 Å². The summed E-state index contributed by atoms with van der Waals surface area (Å²) in [6.45, 7) is 3.50. The van der Waals surface area contributed by atoms with Crippen LogP contribution in [0.25, 0.3) is 0 Å². The van der Waals surface area contributed by atoms with Crippen LogP contribution in [0.5, 0.6) is 0 Å². The third kappa shape index (κ3) is 4.91. The van der Waals surface area contributed by atoms with E-state index in [9.17, 15) is 13.6 Å². The summed E-state index contributed by atoms with van der Waals surface area (Å²) in [7, 11) is 0. The molecule has 0 saturated carbocycles. The lowest BCUT2D eigenvalue weighted by Gasteiger charge is -2.24. The first-order valence-corrected chi connectivity index (χ1v) is 6.63. The molecule has 118 valence electrons. The number of hydrogen-bond donors (Lipinski definition) is 2. The van der Waals surface area contributed by atoms with Crippen molar-refractivity contribution >= 4 is 18.3 Å². The molecule has 2 atom stereocenters. The Morgan fingerprint density at radius 1 is 1.48 bits per heavy atom. The fraction of sp³-hybridized carbons (Fsp3) is 0.500. The lowest BCUT2D eigenvalue weighted by atomic mass is 10.1. The van der Waals surface area contributed by atoms with Crippen LogP contribution in [0.1, 0.15) is 24.9 Å². The molecule has 1 saturated heterocycles. The summed E-state index contributed by atoms with van der Waals surface area (Å²) < 4.78 is 32.6. The Morgan fingerprint density at radius 2 is 2.14 bits per heavy atom. The summed E-state index contributed by atoms with van der Waals surface area (Å²) in [4.78, 5) is 11.9. The summed E-state index contributed by atoms with van der Waals surface area (Å²) >= 11 is 0. The molecule has 21 heavy (non-hydrogen) atoms. The van der Waals surface area contributed by atoms with Gasteiger partial charge in [0.05, 0.1) is 25.2 Å². The molecule has 0 bridgehead atoms. The van der Waals surface area contributed by atoms with Gasteiger partial charge in [0.15, 0.2) is 0 Å². The molecule has 1 aromatic carbocycles. The van der Waals surface area contributed by atoms with Gasteiger partial charge in [0.1, 0.15) is 11.6 Å². The third-order valence-electron chi connectivity index (χ3n) is 3.23. The minimum absolute atomic E-state index is 0. The van der Waals surface area contributed by atoms with Crippen LogP contribution in [-0.4, -0.2) is 31.7 Å². The quantitative estimate of drug-likeness (QED) is 0.891. The molecule has 0 aromatic heterocycles. The number of hydrogen-bond acceptors (Lipinski definition) is 3. The number of ether oxygens (including phenoxy) is 1. The van der Waals surface area contributed by atoms with E-state index in [1.54, 1.807) is 6.92 Å². The van der Waals surface area contributed by atoms with Gasteiger partial charge in [0.25, 0.3) is 0 Å². The average Bonchev–Trinajstić information content (AvgIpc) is 2.39. The number of carbonyl (C=O) groups is 1. The van der Waals surface area contributed by atoms with Gasteiger partial charge in [-0.15, -0.1) is 12.4 Å². The van der Waals surface area contributed by atoms with Crippen LogP contribution in [0, 0.1) is 11.6 Å². The predicted molar refractivity (Wildman–Crippen MR) is 77.4 cm³/mol. The number of morpholine rings is 1. The van der Waals surface area contributed by atoms with E-state index in [1.807, 2.05) is 0 Å². The molecule has 2 N–H and O–H groups in total. The first kappa shape index (κ1) is 17.8. The largest absolute Gasteiger partial charge is 0.375 e. The zero-order valence-corrected chi connectivity index (χ0v) is 12.5. The van der Waals surface area contributed by atoms with E-state index >= 15 is 0 Å². The van der Waals surface area contributed by atoms with Crippen LogP contribution < -0.4 is 10.6 Å². The van der Waals surface area contributed by atoms with Crippen molar-refractivity contribution in [1.29, 1.82) is 0 Å². The molecule has 2 rings (SSSR count). The normalized spacial score (nSPS) is 19.5. The highest BCUT2D eigenvalue weighted by Gasteiger charge is 2.21. The van der Waals surface area contributed by atoms with Crippen LogP contribution in [-0.2, 0) is 9.53 Å². The fourth-order valence-corrected chi connectivity index (χ4v) is 2.25. The molecule has 0 radical (unpaired) electrons. The van der Waals surface area contributed by atoms with Crippen molar-refractivity contribution in [3.8, 4) is 0 Å². The van der Waals surface area contributed by atoms with Crippen molar-refractivity contribution in [1.82, 2.24) is 10.6 Å². The molecule has 4 nitrogen and oxygen atoms in total. The van der Waals surface area contributed by atoms with Gasteiger partial charge >= 0.3 is 0 Å². The van der Waals surface area contributed by atoms with Crippen LogP contribution in [0.4, 0.5) is 8.78 Å². The van der Waals surface area contributed by atoms with Crippen molar-refractivity contribution in [2.24, 2.45) is 0 Å². The van der Waals surface area contributed by atoms with E-state index in [2.05, 4.69) is 10.6 Å². The molecule has 1 amide bonds. The van der Waals surface area contributed by atoms with E-state index in [0.717, 1.165) is 6.54 Å². The highest BCUT2D eigenvalue weighted by molar-refractivity contribution is 5.85. The highest BCUT2D eigenvalue weighted by Crippen LogP contribution is 2.20. The average molecular weight is 321 g/mol. The Balaban J connectivity index is 0.00000220. The van der Waals surface area contributed by atoms with Gasteiger partial charge in [-0.25, -0.2) is 8.78 Å². The zero-order chi connectivity index (χ0) is 14.5. The standard InChI is InChI=1S/C14H18F2N2O2.ClH/c1-9(14-11(15)3-2-4-12(14)16)18-13(19)7-10-8-17-5-6-20-10;/h2-4,9-10,17H,5-8H2,1H3,(H,18,19);1H. The Morgan fingerprint density at radius 3 is 2.71 bits per heavy atom. The Labute approximate surface area is 128 Å². The van der Waals surface area contributed by atoms with Crippen LogP contribution in [0.3, 0.4) is 0 Å². The van der Waals surface area contributed by atoms with Gasteiger partial charge in [-0.3, -0.25) is 4.79 Å². The summed E-state index contributed by atoms with van der Waals surface area (Å²) in [5.74, 6) is -1.60. The van der Waals surface area contributed by atoms with Gasteiger partial charge in [-0.2, -0.15) is 0 Å². The summed E-state index contributed by atoms with van der Waals surface area (Å²) in [5, 5.41) is 5.72. The second-order valence-electron chi connectivity index (χ2n) is 4.83. The molecule has 1 fully saturated rings. The highest BCUT2D eigenvalue weighted by atomic mass is 35.5. The maximum absolute atomic E-state index is 13.6. The van der Waals surface area contributed by atoms with Gasteiger partial charge < -0.3 is 15.4 Å². The molecular weight excluding hydrogens is 302 g/mol. The molecule has 1 aliphatic rings. The van der Waals surface area contributed by atoms with Gasteiger partial charge in [-0.1, -0.05) is 6.07 Å². The second kappa shape index (κ2) is 8.26. The molecule has 7 heteroatoms. The lowest BCUT2D eigenvalue weighted by Crippen LogP contribution is -2.41. The fourth-order valence-electron chi connectivity index (χ4n) is 2.25. The van der Waals surface area contributed by atoms with E-state index in [0.29, 0.717) is 13.2 Å². The Hall–Kier alpha value is -1.24. The van der Waals surface area contributed by atoms with Crippen LogP contribution >= 0.6 is 12.4 Å². The molecular formula is C14H19ClF2N2O2. The zero-order valence-electron chi connectivity index (χ0n) is 11.7. The number of rotatable bonds is 4. The van der Waals surface area contributed by atoms with Crippen molar-refractivity contribution in [3.63, 3.8) is 0 Å². The van der Waals surface area contributed by atoms with Crippen molar-refractivity contribution in [2.75, 3.05) is 19.7 Å². The first-order chi connectivity index (χ1) is 9.58. The summed E-state index contributed by atoms with van der Waals surface area (Å²) in [5.41, 5.74) is -0.122. The summed E-state index contributed by atoms with van der Waals surface area (Å²) in [6.07, 6.45) is -0.0191. The van der Waals surface area contributed by atoms with Gasteiger partial charge in [0, 0.05) is 18.7 Å². The third-order valence-corrected chi connectivity index (χ3v) is 3.23. The van der Waals surface area contributed by atoms with Gasteiger partial charge in [0.2, 0.25) is 5.91 Å². The van der Waals surface area contributed by atoms with Crippen molar-refractivity contribution in [3.05, 3.63) is 35.4 Å². The second-order valence-corrected chi connectivity index (χ2v) is 4.83. The SMILES string of the molecule is CC(NC(=O)CC1CNCCO1)c1c(F)cccc1F.Cl. The predicted octanol–water partition coefficient (Wildman–Crippen LogP) is 1.94. The number of halogens is 3. The number of amides is 1. The first-order valence-electron chi connectivity index (χ1n) is 6.63. The molecule has 1 heterocycles. The number of carbonyl (C=O) groups excluding carboxylic acids is 1. The van der Waals surface area contributed by atoms with E-state index < -0.39 is 17.7 Å². The maximum Gasteiger partial charge on any atom is 0.223 e. The Bertz CT molecular complexity index is 462. The van der Waals surface area contributed by atoms with Crippen LogP contribution in [0.15, 0.2) is 18.2 Å². The topological polar surface area (TPSA) is 50.4 Å². The lowest BCUT2D eigenvalue weighted by molar-refractivity contribution is -0.125. The molecule has 0 aliphatic carbocycles. The minimum Gasteiger partial charge on any atom is -0.375 e. The molecule has 1 aromatic rings. The van der Waals surface area contributed by atoms with Crippen LogP contribution in [0.2, 0.25) is 0 Å². The summed E-state index contributed by atoms with van der Waals surface area (Å²) in [6, 6.07) is 2.93. The van der Waals surface area contributed by atoms with Crippen molar-refractivity contribution < 1.29 is 18.3 Å². The van der Waals surface area contributed by atoms with E-state index in [1.165, 1.54) is 18.2 Å². The number of nitrogens with one attached hydrogen (secondary N) is 2. The minimum atomic E-state index is -0.722. The van der Waals surface area contributed by atoms with E-state index in [4.69, 9.17) is 4.74 Å². The number of benzene rings is 1. The molecule has 2 unspecified atom stereocenters. The van der Waals surface area contributed by atoms with Gasteiger partial charge in [-0.05, 0) is 19.1 Å². The maximum atomic E-state index is 13.6. The molecule has 1 aliphatic heterocycles. The monoisotopic (exact) mass is 320 g/mol. The van der Waals surface area contributed by atoms with Crippen molar-refractivity contribution in [2.45, 2.75) is 25.5 Å². The smallest absolute Gasteiger partial charge is 0.223 e.